The Morgan fingerprint density at radius 2 is 1.77 bits per heavy atom. The Labute approximate surface area is 243 Å². The van der Waals surface area contributed by atoms with Crippen LogP contribution in [0, 0.1) is 11.5 Å². The number of nitriles is 1. The molecule has 1 N–H and O–H groups in total. The van der Waals surface area contributed by atoms with Gasteiger partial charge in [0, 0.05) is 56.1 Å². The molecule has 2 heterocycles. The van der Waals surface area contributed by atoms with Gasteiger partial charge in [0.25, 0.3) is 11.8 Å². The van der Waals surface area contributed by atoms with Crippen LogP contribution >= 0.6 is 10.2 Å². The van der Waals surface area contributed by atoms with Gasteiger partial charge >= 0.3 is 10.2 Å². The zero-order chi connectivity index (χ0) is 31.9. The molecule has 4 rings (SSSR count). The van der Waals surface area contributed by atoms with Crippen LogP contribution < -0.4 is 10.2 Å². The lowest BCUT2D eigenvalue weighted by atomic mass is 9.86. The highest BCUT2D eigenvalue weighted by Crippen LogP contribution is 3.02. The smallest absolute Gasteiger partial charge is 0.310 e. The molecule has 2 amide bonds. The van der Waals surface area contributed by atoms with Gasteiger partial charge in [-0.2, -0.15) is 5.26 Å². The van der Waals surface area contributed by atoms with Gasteiger partial charge in [-0.1, -0.05) is 25.5 Å². The monoisotopic (exact) mass is 637 g/mol. The molecule has 2 aromatic rings. The number of nitrogens with zero attached hydrogens (tertiary/aromatic N) is 4. The molecule has 0 spiro atoms. The van der Waals surface area contributed by atoms with Crippen molar-refractivity contribution in [3.8, 4) is 6.19 Å². The molecular formula is C27H30F7N5O3S. The van der Waals surface area contributed by atoms with Crippen molar-refractivity contribution in [1.82, 2.24) is 15.2 Å². The number of alkyl halides is 2. The Morgan fingerprint density at radius 1 is 1.14 bits per heavy atom. The second-order valence-corrected chi connectivity index (χ2v) is 13.3. The third-order valence-corrected chi connectivity index (χ3v) is 9.10. The molecule has 43 heavy (non-hydrogen) atoms. The standard InChI is InChI=1S/C27H30F7N5O3S/c1-26(18-4-3-13-36-15-18,25(41)37-19-9-11-27(28,29)12-10-19)39(24(40)23-14-21(42-2)16-38(23)17-35)20-5-7-22(8-6-20)43(30,31,32,33)34/h3-8,13,15,19,21,23H,9-12,14,16H2,1-2H3,(H,37,41). The third kappa shape index (κ3) is 6.82. The summed E-state index contributed by atoms with van der Waals surface area (Å²) in [5.74, 6) is -4.68. The van der Waals surface area contributed by atoms with E-state index in [4.69, 9.17) is 4.74 Å². The average molecular weight is 638 g/mol. The van der Waals surface area contributed by atoms with Crippen molar-refractivity contribution in [2.75, 3.05) is 18.6 Å². The number of carbonyl (C=O) groups is 2. The number of pyridine rings is 1. The Hall–Kier alpha value is -3.58. The average Bonchev–Trinajstić information content (AvgIpc) is 3.37. The quantitative estimate of drug-likeness (QED) is 0.272. The van der Waals surface area contributed by atoms with Crippen LogP contribution in [0.15, 0.2) is 53.7 Å². The van der Waals surface area contributed by atoms with Gasteiger partial charge in [-0.15, -0.1) is 0 Å². The summed E-state index contributed by atoms with van der Waals surface area (Å²) in [6.45, 7) is 1.29. The number of halogens is 7. The summed E-state index contributed by atoms with van der Waals surface area (Å²) in [6, 6.07) is 2.46. The molecule has 8 nitrogen and oxygen atoms in total. The molecule has 2 fully saturated rings. The van der Waals surface area contributed by atoms with Crippen LogP contribution in [0.25, 0.3) is 0 Å². The minimum atomic E-state index is -10.1. The number of anilines is 1. The molecule has 1 aliphatic heterocycles. The summed E-state index contributed by atoms with van der Waals surface area (Å²) in [5.41, 5.74) is -2.36. The van der Waals surface area contributed by atoms with Gasteiger partial charge in [-0.3, -0.25) is 24.4 Å². The molecular weight excluding hydrogens is 607 g/mol. The van der Waals surface area contributed by atoms with Crippen molar-refractivity contribution in [3.05, 3.63) is 54.4 Å². The zero-order valence-electron chi connectivity index (χ0n) is 23.2. The van der Waals surface area contributed by atoms with Crippen molar-refractivity contribution in [2.45, 2.75) is 73.6 Å². The van der Waals surface area contributed by atoms with E-state index in [1.165, 1.54) is 38.6 Å². The Balaban J connectivity index is 1.85. The first-order valence-corrected chi connectivity index (χ1v) is 15.2. The first-order chi connectivity index (χ1) is 19.8. The second-order valence-electron chi connectivity index (χ2n) is 10.9. The molecule has 0 bridgehead atoms. The molecule has 1 saturated carbocycles. The van der Waals surface area contributed by atoms with Crippen molar-refractivity contribution in [3.63, 3.8) is 0 Å². The number of benzene rings is 1. The van der Waals surface area contributed by atoms with E-state index in [2.05, 4.69) is 10.3 Å². The van der Waals surface area contributed by atoms with Crippen LogP contribution in [-0.2, 0) is 19.9 Å². The first-order valence-electron chi connectivity index (χ1n) is 13.3. The summed E-state index contributed by atoms with van der Waals surface area (Å²) >= 11 is 0. The lowest BCUT2D eigenvalue weighted by Gasteiger charge is -2.44. The summed E-state index contributed by atoms with van der Waals surface area (Å²) in [7, 11) is -8.73. The fourth-order valence-corrected chi connectivity index (χ4v) is 6.09. The molecule has 16 heteroatoms. The van der Waals surface area contributed by atoms with E-state index < -0.39 is 69.4 Å². The van der Waals surface area contributed by atoms with Crippen LogP contribution in [0.2, 0.25) is 0 Å². The number of hydrogen-bond acceptors (Lipinski definition) is 6. The van der Waals surface area contributed by atoms with E-state index in [0.717, 1.165) is 9.80 Å². The molecule has 3 unspecified atom stereocenters. The van der Waals surface area contributed by atoms with Crippen LogP contribution in [0.4, 0.5) is 33.9 Å². The molecule has 3 atom stereocenters. The van der Waals surface area contributed by atoms with Gasteiger partial charge < -0.3 is 10.1 Å². The summed E-state index contributed by atoms with van der Waals surface area (Å²) < 4.78 is 101. The van der Waals surface area contributed by atoms with Crippen molar-refractivity contribution in [1.29, 1.82) is 5.26 Å². The normalized spacial score (nSPS) is 23.8. The summed E-state index contributed by atoms with van der Waals surface area (Å²) in [5, 5.41) is 12.4. The lowest BCUT2D eigenvalue weighted by Crippen LogP contribution is -2.61. The minimum Gasteiger partial charge on any atom is -0.379 e. The topological polar surface area (TPSA) is 98.6 Å². The van der Waals surface area contributed by atoms with Gasteiger partial charge in [0.2, 0.25) is 5.92 Å². The Bertz CT molecular complexity index is 1400. The first kappa shape index (κ1) is 32.3. The van der Waals surface area contributed by atoms with Gasteiger partial charge in [0.05, 0.1) is 12.6 Å². The minimum absolute atomic E-state index is 0.00644. The molecule has 2 aliphatic rings. The Morgan fingerprint density at radius 3 is 2.28 bits per heavy atom. The predicted molar refractivity (Wildman–Crippen MR) is 144 cm³/mol. The number of likely N-dealkylation sites (tertiary alicyclic amines) is 1. The number of methoxy groups -OCH3 is 1. The third-order valence-electron chi connectivity index (χ3n) is 7.94. The van der Waals surface area contributed by atoms with Gasteiger partial charge in [0.1, 0.15) is 10.9 Å². The lowest BCUT2D eigenvalue weighted by molar-refractivity contribution is -0.133. The maximum Gasteiger partial charge on any atom is 0.310 e. The van der Waals surface area contributed by atoms with Crippen LogP contribution in [0.1, 0.15) is 44.6 Å². The predicted octanol–water partition coefficient (Wildman–Crippen LogP) is 6.25. The number of carbonyl (C=O) groups excluding carboxylic acids is 2. The van der Waals surface area contributed by atoms with Crippen molar-refractivity contribution in [2.24, 2.45) is 0 Å². The number of aromatic nitrogens is 1. The van der Waals surface area contributed by atoms with Crippen LogP contribution in [0.5, 0.6) is 0 Å². The highest BCUT2D eigenvalue weighted by molar-refractivity contribution is 8.45. The highest BCUT2D eigenvalue weighted by Gasteiger charge is 2.65. The van der Waals surface area contributed by atoms with E-state index in [1.54, 1.807) is 0 Å². The maximum atomic E-state index is 14.3. The fourth-order valence-electron chi connectivity index (χ4n) is 5.44. The molecule has 0 radical (unpaired) electrons. The maximum absolute atomic E-state index is 14.3. The molecule has 1 aromatic carbocycles. The van der Waals surface area contributed by atoms with E-state index in [-0.39, 0.29) is 49.2 Å². The number of amides is 2. The van der Waals surface area contributed by atoms with E-state index in [1.807, 2.05) is 6.19 Å². The Kier molecular flexibility index (Phi) is 7.93. The van der Waals surface area contributed by atoms with Crippen LogP contribution in [-0.4, -0.2) is 59.5 Å². The van der Waals surface area contributed by atoms with Gasteiger partial charge in [-0.25, -0.2) is 8.78 Å². The zero-order valence-corrected chi connectivity index (χ0v) is 24.0. The van der Waals surface area contributed by atoms with Crippen LogP contribution in [0.3, 0.4) is 0 Å². The SMILES string of the molecule is COC1CC(C(=O)N(c2ccc(S(F)(F)(F)(F)F)cc2)C(C)(C(=O)NC2CCC(F)(F)CC2)c2cccnc2)N(C#N)C1. The number of nitrogens with one attached hydrogen (secondary N) is 1. The van der Waals surface area contributed by atoms with Gasteiger partial charge in [0.15, 0.2) is 11.7 Å². The largest absolute Gasteiger partial charge is 0.379 e. The molecule has 1 aromatic heterocycles. The summed E-state index contributed by atoms with van der Waals surface area (Å²) in [4.78, 5) is 32.2. The summed E-state index contributed by atoms with van der Waals surface area (Å²) in [6.07, 6.45) is 2.77. The van der Waals surface area contributed by atoms with E-state index >= 15 is 0 Å². The number of hydrogen-bond donors (Lipinski definition) is 1. The van der Waals surface area contributed by atoms with E-state index in [9.17, 15) is 43.1 Å². The molecule has 1 saturated heterocycles. The second kappa shape index (κ2) is 10.5. The van der Waals surface area contributed by atoms with Gasteiger partial charge in [-0.05, 0) is 50.1 Å². The molecule has 236 valence electrons. The molecule has 1 aliphatic carbocycles. The number of ether oxygens (including phenoxy) is 1. The fraction of sp³-hybridized carbons (Fsp3) is 0.481. The number of rotatable bonds is 8. The van der Waals surface area contributed by atoms with Crippen molar-refractivity contribution < 1.29 is 42.5 Å². The van der Waals surface area contributed by atoms with E-state index in [0.29, 0.717) is 12.1 Å². The highest BCUT2D eigenvalue weighted by atomic mass is 32.5. The van der Waals surface area contributed by atoms with Crippen molar-refractivity contribution >= 4 is 27.7 Å².